The number of carbonyl (C=O) groups is 1. The fourth-order valence-electron chi connectivity index (χ4n) is 1.57. The average molecular weight is 230 g/mol. The van der Waals surface area contributed by atoms with Crippen LogP contribution in [0.5, 0.6) is 0 Å². The third-order valence-corrected chi connectivity index (χ3v) is 4.08. The molecule has 1 aromatic heterocycles. The summed E-state index contributed by atoms with van der Waals surface area (Å²) >= 11 is 7.27. The number of nitrogens with two attached hydrogens (primary N) is 1. The molecular weight excluding hydrogens is 218 g/mol. The number of rotatable bonds is 3. The van der Waals surface area contributed by atoms with E-state index in [1.165, 1.54) is 11.3 Å². The summed E-state index contributed by atoms with van der Waals surface area (Å²) in [6.07, 6.45) is 2.11. The van der Waals surface area contributed by atoms with Crippen LogP contribution in [0.15, 0.2) is 11.4 Å². The Morgan fingerprint density at radius 2 is 2.36 bits per heavy atom. The highest BCUT2D eigenvalue weighted by Crippen LogP contribution is 2.41. The highest BCUT2D eigenvalue weighted by atomic mass is 35.5. The summed E-state index contributed by atoms with van der Waals surface area (Å²) in [4.78, 5) is 12.6. The molecule has 14 heavy (non-hydrogen) atoms. The molecule has 0 aromatic carbocycles. The fraction of sp³-hybridized carbons (Fsp3) is 0.500. The van der Waals surface area contributed by atoms with E-state index >= 15 is 0 Å². The number of hydrogen-bond donors (Lipinski definition) is 1. The first-order valence-corrected chi connectivity index (χ1v) is 5.86. The first-order chi connectivity index (χ1) is 6.53. The Labute approximate surface area is 92.1 Å². The molecule has 1 aliphatic carbocycles. The number of ketones is 1. The highest BCUT2D eigenvalue weighted by molar-refractivity contribution is 7.12. The van der Waals surface area contributed by atoms with Crippen LogP contribution < -0.4 is 5.73 Å². The molecule has 1 saturated carbocycles. The lowest BCUT2D eigenvalue weighted by atomic mass is 9.91. The molecule has 2 nitrogen and oxygen atoms in total. The molecule has 0 bridgehead atoms. The summed E-state index contributed by atoms with van der Waals surface area (Å²) in [6.45, 7) is 1.81. The minimum absolute atomic E-state index is 0.0139. The van der Waals surface area contributed by atoms with Crippen molar-refractivity contribution >= 4 is 28.7 Å². The molecular formula is C10H12ClNOS. The van der Waals surface area contributed by atoms with Crippen molar-refractivity contribution in [3.05, 3.63) is 21.3 Å². The van der Waals surface area contributed by atoms with Crippen molar-refractivity contribution in [2.45, 2.75) is 25.3 Å². The van der Waals surface area contributed by atoms with Gasteiger partial charge in [-0.25, -0.2) is 0 Å². The lowest BCUT2D eigenvalue weighted by molar-refractivity contribution is 0.0888. The fourth-order valence-corrected chi connectivity index (χ4v) is 2.77. The van der Waals surface area contributed by atoms with Crippen LogP contribution >= 0.6 is 22.9 Å². The van der Waals surface area contributed by atoms with E-state index in [9.17, 15) is 4.79 Å². The van der Waals surface area contributed by atoms with Gasteiger partial charge in [0.05, 0.1) is 15.4 Å². The van der Waals surface area contributed by atoms with Crippen LogP contribution in [0, 0.1) is 5.92 Å². The standard InChI is InChI=1S/C10H12ClNOS/c1-10(12,6-2-3-6)9(13)8-7(11)4-5-14-8/h4-6H,2-3,12H2,1H3. The summed E-state index contributed by atoms with van der Waals surface area (Å²) in [7, 11) is 0. The lowest BCUT2D eigenvalue weighted by Gasteiger charge is -2.21. The summed E-state index contributed by atoms with van der Waals surface area (Å²) in [6, 6.07) is 1.74. The van der Waals surface area contributed by atoms with E-state index in [0.717, 1.165) is 12.8 Å². The van der Waals surface area contributed by atoms with Crippen LogP contribution in [0.1, 0.15) is 29.4 Å². The maximum atomic E-state index is 12.0. The van der Waals surface area contributed by atoms with Crippen molar-refractivity contribution in [3.63, 3.8) is 0 Å². The van der Waals surface area contributed by atoms with Gasteiger partial charge in [0.1, 0.15) is 0 Å². The highest BCUT2D eigenvalue weighted by Gasteiger charge is 2.45. The molecule has 4 heteroatoms. The molecule has 2 rings (SSSR count). The van der Waals surface area contributed by atoms with Gasteiger partial charge in [0.15, 0.2) is 5.78 Å². The maximum absolute atomic E-state index is 12.0. The Hall–Kier alpha value is -0.380. The third kappa shape index (κ3) is 1.60. The Kier molecular flexibility index (Phi) is 2.41. The van der Waals surface area contributed by atoms with E-state index in [-0.39, 0.29) is 5.78 Å². The van der Waals surface area contributed by atoms with Gasteiger partial charge in [-0.3, -0.25) is 4.79 Å². The van der Waals surface area contributed by atoms with Crippen molar-refractivity contribution < 1.29 is 4.79 Å². The molecule has 2 N–H and O–H groups in total. The molecule has 1 fully saturated rings. The predicted molar refractivity (Wildman–Crippen MR) is 59.0 cm³/mol. The maximum Gasteiger partial charge on any atom is 0.194 e. The summed E-state index contributed by atoms with van der Waals surface area (Å²) in [5.41, 5.74) is 5.30. The summed E-state index contributed by atoms with van der Waals surface area (Å²) in [5.74, 6) is 0.327. The predicted octanol–water partition coefficient (Wildman–Crippen LogP) is 2.71. The smallest absolute Gasteiger partial charge is 0.194 e. The third-order valence-electron chi connectivity index (χ3n) is 2.74. The number of Topliss-reactive ketones (excluding diaryl/α,β-unsaturated/α-hetero) is 1. The van der Waals surface area contributed by atoms with Gasteiger partial charge in [-0.2, -0.15) is 0 Å². The van der Waals surface area contributed by atoms with Gasteiger partial charge in [-0.05, 0) is 37.1 Å². The zero-order valence-electron chi connectivity index (χ0n) is 7.92. The summed E-state index contributed by atoms with van der Waals surface area (Å²) < 4.78 is 0. The molecule has 0 saturated heterocycles. The van der Waals surface area contributed by atoms with Gasteiger partial charge in [0.2, 0.25) is 0 Å². The Morgan fingerprint density at radius 3 is 2.79 bits per heavy atom. The van der Waals surface area contributed by atoms with Gasteiger partial charge in [-0.1, -0.05) is 11.6 Å². The van der Waals surface area contributed by atoms with Crippen LogP contribution in [-0.4, -0.2) is 11.3 Å². The summed E-state index contributed by atoms with van der Waals surface area (Å²) in [5, 5.41) is 2.34. The zero-order chi connectivity index (χ0) is 10.3. The molecule has 1 atom stereocenters. The van der Waals surface area contributed by atoms with E-state index in [4.69, 9.17) is 17.3 Å². The Morgan fingerprint density at radius 1 is 1.71 bits per heavy atom. The minimum Gasteiger partial charge on any atom is -0.319 e. The zero-order valence-corrected chi connectivity index (χ0v) is 9.49. The SMILES string of the molecule is CC(N)(C(=O)c1sccc1Cl)C1CC1. The van der Waals surface area contributed by atoms with Gasteiger partial charge in [0.25, 0.3) is 0 Å². The van der Waals surface area contributed by atoms with E-state index in [1.54, 1.807) is 6.07 Å². The van der Waals surface area contributed by atoms with E-state index in [2.05, 4.69) is 0 Å². The van der Waals surface area contributed by atoms with Gasteiger partial charge in [0, 0.05) is 0 Å². The molecule has 1 aliphatic rings. The van der Waals surface area contributed by atoms with Crippen molar-refractivity contribution in [1.29, 1.82) is 0 Å². The van der Waals surface area contributed by atoms with Crippen LogP contribution in [-0.2, 0) is 0 Å². The molecule has 0 amide bonds. The minimum atomic E-state index is -0.728. The molecule has 0 spiro atoms. The number of thiophene rings is 1. The molecule has 1 heterocycles. The Bertz CT molecular complexity index is 368. The molecule has 0 aliphatic heterocycles. The van der Waals surface area contributed by atoms with Crippen molar-refractivity contribution in [3.8, 4) is 0 Å². The van der Waals surface area contributed by atoms with Crippen LogP contribution in [0.4, 0.5) is 0 Å². The number of hydrogen-bond acceptors (Lipinski definition) is 3. The van der Waals surface area contributed by atoms with Gasteiger partial charge < -0.3 is 5.73 Å². The van der Waals surface area contributed by atoms with E-state index < -0.39 is 5.54 Å². The topological polar surface area (TPSA) is 43.1 Å². The largest absolute Gasteiger partial charge is 0.319 e. The van der Waals surface area contributed by atoms with Crippen LogP contribution in [0.3, 0.4) is 0 Å². The number of halogens is 1. The number of carbonyl (C=O) groups excluding carboxylic acids is 1. The second-order valence-corrected chi connectivity index (χ2v) is 5.31. The van der Waals surface area contributed by atoms with Gasteiger partial charge >= 0.3 is 0 Å². The van der Waals surface area contributed by atoms with E-state index in [1.807, 2.05) is 12.3 Å². The second-order valence-electron chi connectivity index (χ2n) is 3.98. The van der Waals surface area contributed by atoms with Gasteiger partial charge in [-0.15, -0.1) is 11.3 Å². The van der Waals surface area contributed by atoms with Crippen molar-refractivity contribution in [2.75, 3.05) is 0 Å². The van der Waals surface area contributed by atoms with Crippen LogP contribution in [0.2, 0.25) is 5.02 Å². The van der Waals surface area contributed by atoms with Crippen LogP contribution in [0.25, 0.3) is 0 Å². The van der Waals surface area contributed by atoms with E-state index in [0.29, 0.717) is 15.8 Å². The molecule has 76 valence electrons. The van der Waals surface area contributed by atoms with Crippen molar-refractivity contribution in [1.82, 2.24) is 0 Å². The monoisotopic (exact) mass is 229 g/mol. The molecule has 0 radical (unpaired) electrons. The Balaban J connectivity index is 2.27. The first kappa shape index (κ1) is 10.1. The quantitative estimate of drug-likeness (QED) is 0.810. The van der Waals surface area contributed by atoms with Crippen molar-refractivity contribution in [2.24, 2.45) is 11.7 Å². The lowest BCUT2D eigenvalue weighted by Crippen LogP contribution is -2.46. The molecule has 1 aromatic rings. The average Bonchev–Trinajstić information content (AvgIpc) is 2.89. The normalized spacial score (nSPS) is 20.5. The molecule has 1 unspecified atom stereocenters. The first-order valence-electron chi connectivity index (χ1n) is 4.60. The second kappa shape index (κ2) is 3.33.